The Morgan fingerprint density at radius 3 is 2.80 bits per heavy atom. The molecule has 82 valence electrons. The van der Waals surface area contributed by atoms with E-state index < -0.39 is 4.92 Å². The van der Waals surface area contributed by atoms with Crippen molar-refractivity contribution in [2.45, 2.75) is 31.7 Å². The number of nitrogens with zero attached hydrogens (tertiary/aromatic N) is 3. The van der Waals surface area contributed by atoms with Crippen LogP contribution < -0.4 is 5.32 Å². The smallest absolute Gasteiger partial charge is 0.330 e. The van der Waals surface area contributed by atoms with Gasteiger partial charge in [-0.25, -0.2) is 0 Å². The molecule has 1 aromatic rings. The van der Waals surface area contributed by atoms with Crippen molar-refractivity contribution in [2.24, 2.45) is 7.05 Å². The van der Waals surface area contributed by atoms with E-state index in [0.29, 0.717) is 5.82 Å². The molecule has 0 saturated heterocycles. The largest absolute Gasteiger partial charge is 0.358 e. The summed E-state index contributed by atoms with van der Waals surface area (Å²) < 4.78 is 1.46. The molecule has 1 fully saturated rings. The number of anilines is 1. The van der Waals surface area contributed by atoms with Crippen LogP contribution in [-0.4, -0.2) is 20.2 Å². The molecule has 0 atom stereocenters. The first-order valence-corrected chi connectivity index (χ1v) is 4.96. The summed E-state index contributed by atoms with van der Waals surface area (Å²) in [7, 11) is 1.68. The Balaban J connectivity index is 2.23. The van der Waals surface area contributed by atoms with Crippen LogP contribution in [-0.2, 0) is 7.05 Å². The second-order valence-corrected chi connectivity index (χ2v) is 4.33. The molecule has 1 aliphatic carbocycles. The van der Waals surface area contributed by atoms with Gasteiger partial charge in [0.25, 0.3) is 0 Å². The maximum atomic E-state index is 10.7. The number of hydrogen-bond acceptors (Lipinski definition) is 4. The number of hydrogen-bond donors (Lipinski definition) is 1. The van der Waals surface area contributed by atoms with Crippen LogP contribution in [0.3, 0.4) is 0 Å². The lowest BCUT2D eigenvalue weighted by atomic mass is 9.78. The van der Waals surface area contributed by atoms with Gasteiger partial charge in [0.15, 0.2) is 0 Å². The zero-order valence-corrected chi connectivity index (χ0v) is 8.86. The van der Waals surface area contributed by atoms with Crippen LogP contribution in [0.25, 0.3) is 0 Å². The van der Waals surface area contributed by atoms with Gasteiger partial charge in [0.1, 0.15) is 6.20 Å². The third-order valence-electron chi connectivity index (χ3n) is 2.88. The Morgan fingerprint density at radius 1 is 1.67 bits per heavy atom. The number of rotatable bonds is 3. The topological polar surface area (TPSA) is 73.0 Å². The molecule has 0 spiro atoms. The molecule has 1 heterocycles. The van der Waals surface area contributed by atoms with Crippen LogP contribution in [0.5, 0.6) is 0 Å². The summed E-state index contributed by atoms with van der Waals surface area (Å²) in [6.07, 6.45) is 4.68. The quantitative estimate of drug-likeness (QED) is 0.608. The van der Waals surface area contributed by atoms with Crippen molar-refractivity contribution in [3.8, 4) is 0 Å². The first-order valence-electron chi connectivity index (χ1n) is 4.96. The predicted molar refractivity (Wildman–Crippen MR) is 55.7 cm³/mol. The summed E-state index contributed by atoms with van der Waals surface area (Å²) in [5.74, 6) is 0.379. The zero-order valence-electron chi connectivity index (χ0n) is 8.86. The highest BCUT2D eigenvalue weighted by atomic mass is 16.6. The molecule has 0 amide bonds. The van der Waals surface area contributed by atoms with E-state index in [4.69, 9.17) is 0 Å². The van der Waals surface area contributed by atoms with Crippen molar-refractivity contribution in [3.05, 3.63) is 16.3 Å². The molecular formula is C9H14N4O2. The SMILES string of the molecule is Cn1cc([N+](=O)[O-])c(NC2(C)CCC2)n1. The average Bonchev–Trinajstić information content (AvgIpc) is 2.44. The second kappa shape index (κ2) is 3.22. The molecule has 1 saturated carbocycles. The fraction of sp³-hybridized carbons (Fsp3) is 0.667. The lowest BCUT2D eigenvalue weighted by Crippen LogP contribution is -2.41. The maximum absolute atomic E-state index is 10.7. The average molecular weight is 210 g/mol. The van der Waals surface area contributed by atoms with Gasteiger partial charge in [-0.2, -0.15) is 0 Å². The van der Waals surface area contributed by atoms with E-state index in [1.54, 1.807) is 7.05 Å². The first-order chi connectivity index (χ1) is 7.00. The van der Waals surface area contributed by atoms with Gasteiger partial charge in [-0.15, -0.1) is 5.10 Å². The van der Waals surface area contributed by atoms with E-state index in [9.17, 15) is 10.1 Å². The minimum absolute atomic E-state index is 0.0148. The first kappa shape index (κ1) is 9.95. The van der Waals surface area contributed by atoms with Gasteiger partial charge in [-0.1, -0.05) is 0 Å². The molecule has 1 aromatic heterocycles. The van der Waals surface area contributed by atoms with E-state index in [0.717, 1.165) is 12.8 Å². The highest BCUT2D eigenvalue weighted by Gasteiger charge is 2.34. The monoisotopic (exact) mass is 210 g/mol. The van der Waals surface area contributed by atoms with Gasteiger partial charge in [0.05, 0.1) is 4.92 Å². The normalized spacial score (nSPS) is 18.3. The van der Waals surface area contributed by atoms with Crippen LogP contribution in [0.1, 0.15) is 26.2 Å². The van der Waals surface area contributed by atoms with E-state index in [1.165, 1.54) is 17.3 Å². The summed E-state index contributed by atoms with van der Waals surface area (Å²) in [6, 6.07) is 0. The Kier molecular flexibility index (Phi) is 2.13. The molecule has 6 nitrogen and oxygen atoms in total. The van der Waals surface area contributed by atoms with Gasteiger partial charge >= 0.3 is 5.69 Å². The van der Waals surface area contributed by atoms with E-state index in [1.807, 2.05) is 0 Å². The fourth-order valence-electron chi connectivity index (χ4n) is 1.82. The minimum Gasteiger partial charge on any atom is -0.358 e. The Morgan fingerprint density at radius 2 is 2.33 bits per heavy atom. The fourth-order valence-corrected chi connectivity index (χ4v) is 1.82. The Labute approximate surface area is 87.4 Å². The predicted octanol–water partition coefficient (Wildman–Crippen LogP) is 1.68. The highest BCUT2D eigenvalue weighted by Crippen LogP contribution is 2.36. The maximum Gasteiger partial charge on any atom is 0.330 e. The summed E-state index contributed by atoms with van der Waals surface area (Å²) in [5.41, 5.74) is 0.0321. The van der Waals surface area contributed by atoms with E-state index in [2.05, 4.69) is 17.3 Å². The number of nitrogens with one attached hydrogen (secondary N) is 1. The van der Waals surface area contributed by atoms with Gasteiger partial charge in [0, 0.05) is 12.6 Å². The van der Waals surface area contributed by atoms with Crippen molar-refractivity contribution in [1.82, 2.24) is 9.78 Å². The lowest BCUT2D eigenvalue weighted by Gasteiger charge is -2.38. The zero-order chi connectivity index (χ0) is 11.1. The molecule has 1 N–H and O–H groups in total. The van der Waals surface area contributed by atoms with Crippen LogP contribution in [0.2, 0.25) is 0 Å². The molecule has 0 unspecified atom stereocenters. The number of aromatic nitrogens is 2. The van der Waals surface area contributed by atoms with Crippen LogP contribution in [0, 0.1) is 10.1 Å². The summed E-state index contributed by atoms with van der Waals surface area (Å²) in [4.78, 5) is 10.3. The molecule has 0 radical (unpaired) electrons. The summed E-state index contributed by atoms with van der Waals surface area (Å²) >= 11 is 0. The second-order valence-electron chi connectivity index (χ2n) is 4.33. The van der Waals surface area contributed by atoms with Crippen molar-refractivity contribution in [3.63, 3.8) is 0 Å². The Bertz CT molecular complexity index is 395. The number of aryl methyl sites for hydroxylation is 1. The molecule has 1 aliphatic rings. The van der Waals surface area contributed by atoms with Crippen molar-refractivity contribution < 1.29 is 4.92 Å². The van der Waals surface area contributed by atoms with Gasteiger partial charge in [-0.05, 0) is 26.2 Å². The van der Waals surface area contributed by atoms with Crippen LogP contribution >= 0.6 is 0 Å². The van der Waals surface area contributed by atoms with Gasteiger partial charge in [-0.3, -0.25) is 14.8 Å². The summed E-state index contributed by atoms with van der Waals surface area (Å²) in [5, 5.41) is 18.0. The Hall–Kier alpha value is -1.59. The van der Waals surface area contributed by atoms with Crippen LogP contribution in [0.4, 0.5) is 11.5 Å². The molecule has 2 rings (SSSR count). The molecule has 0 aromatic carbocycles. The van der Waals surface area contributed by atoms with Gasteiger partial charge < -0.3 is 5.32 Å². The van der Waals surface area contributed by atoms with Crippen molar-refractivity contribution in [2.75, 3.05) is 5.32 Å². The van der Waals surface area contributed by atoms with Crippen molar-refractivity contribution in [1.29, 1.82) is 0 Å². The van der Waals surface area contributed by atoms with E-state index in [-0.39, 0.29) is 11.2 Å². The highest BCUT2D eigenvalue weighted by molar-refractivity contribution is 5.56. The number of nitro groups is 1. The molecule has 0 aliphatic heterocycles. The standard InChI is InChI=1S/C9H14N4O2/c1-9(4-3-5-9)10-8-7(13(14)15)6-12(2)11-8/h6H,3-5H2,1-2H3,(H,10,11). The van der Waals surface area contributed by atoms with Crippen LogP contribution in [0.15, 0.2) is 6.20 Å². The molecular weight excluding hydrogens is 196 g/mol. The van der Waals surface area contributed by atoms with Gasteiger partial charge in [0.2, 0.25) is 5.82 Å². The summed E-state index contributed by atoms with van der Waals surface area (Å²) in [6.45, 7) is 2.06. The molecule has 6 heteroatoms. The third kappa shape index (κ3) is 1.79. The minimum atomic E-state index is -0.405. The molecule has 0 bridgehead atoms. The lowest BCUT2D eigenvalue weighted by molar-refractivity contribution is -0.384. The third-order valence-corrected chi connectivity index (χ3v) is 2.88. The van der Waals surface area contributed by atoms with Crippen molar-refractivity contribution >= 4 is 11.5 Å². The van der Waals surface area contributed by atoms with E-state index >= 15 is 0 Å². The molecule has 15 heavy (non-hydrogen) atoms.